The third-order valence-corrected chi connectivity index (χ3v) is 6.32. The van der Waals surface area contributed by atoms with Gasteiger partial charge in [-0.3, -0.25) is 14.5 Å². The Bertz CT molecular complexity index is 1240. The molecule has 0 bridgehead atoms. The van der Waals surface area contributed by atoms with E-state index in [1.165, 1.54) is 23.1 Å². The molecule has 0 spiro atoms. The Morgan fingerprint density at radius 3 is 2.39 bits per heavy atom. The molecule has 1 atom stereocenters. The number of amides is 1. The lowest BCUT2D eigenvalue weighted by Gasteiger charge is -2.25. The standard InChI is InChI=1S/C24H16BrClFNO3/c1-13-12-14(6-11-18(13)25)22(29)20-21(17-4-2-3-5-19(17)27)28(24(31)23(20)30)16-9-7-15(26)8-10-16/h2-12,21,29H,1H3/b22-20+. The maximum atomic E-state index is 14.8. The molecule has 4 rings (SSSR count). The van der Waals surface area contributed by atoms with Crippen molar-refractivity contribution in [2.45, 2.75) is 13.0 Å². The Hall–Kier alpha value is -2.96. The van der Waals surface area contributed by atoms with Crippen molar-refractivity contribution in [3.05, 3.63) is 104 Å². The van der Waals surface area contributed by atoms with E-state index >= 15 is 0 Å². The van der Waals surface area contributed by atoms with Gasteiger partial charge in [-0.15, -0.1) is 0 Å². The molecule has 1 saturated heterocycles. The largest absolute Gasteiger partial charge is 0.507 e. The molecule has 0 saturated carbocycles. The maximum Gasteiger partial charge on any atom is 0.300 e. The van der Waals surface area contributed by atoms with E-state index in [9.17, 15) is 19.1 Å². The van der Waals surface area contributed by atoms with Crippen molar-refractivity contribution >= 4 is 50.7 Å². The van der Waals surface area contributed by atoms with E-state index in [0.717, 1.165) is 10.0 Å². The van der Waals surface area contributed by atoms with Crippen LogP contribution in [0.25, 0.3) is 5.76 Å². The zero-order valence-corrected chi connectivity index (χ0v) is 18.6. The summed E-state index contributed by atoms with van der Waals surface area (Å²) in [6, 6.07) is 16.1. The molecular formula is C24H16BrClFNO3. The van der Waals surface area contributed by atoms with Gasteiger partial charge in [0.15, 0.2) is 0 Å². The first-order valence-corrected chi connectivity index (χ1v) is 10.5. The zero-order valence-electron chi connectivity index (χ0n) is 16.3. The number of hydrogen-bond donors (Lipinski definition) is 1. The molecule has 0 aliphatic carbocycles. The average molecular weight is 501 g/mol. The van der Waals surface area contributed by atoms with Crippen LogP contribution >= 0.6 is 27.5 Å². The van der Waals surface area contributed by atoms with E-state index in [1.54, 1.807) is 48.5 Å². The van der Waals surface area contributed by atoms with Gasteiger partial charge in [-0.1, -0.05) is 51.8 Å². The first-order valence-electron chi connectivity index (χ1n) is 9.37. The van der Waals surface area contributed by atoms with E-state index < -0.39 is 23.5 Å². The van der Waals surface area contributed by atoms with Gasteiger partial charge in [-0.25, -0.2) is 4.39 Å². The predicted molar refractivity (Wildman–Crippen MR) is 122 cm³/mol. The van der Waals surface area contributed by atoms with Crippen LogP contribution in [0.1, 0.15) is 22.7 Å². The zero-order chi connectivity index (χ0) is 22.3. The highest BCUT2D eigenvalue weighted by atomic mass is 79.9. The van der Waals surface area contributed by atoms with E-state index in [2.05, 4.69) is 15.9 Å². The molecule has 156 valence electrons. The molecule has 3 aromatic rings. The molecule has 4 nitrogen and oxygen atoms in total. The first kappa shape index (κ1) is 21.3. The minimum absolute atomic E-state index is 0.104. The molecule has 0 aromatic heterocycles. The van der Waals surface area contributed by atoms with Crippen LogP contribution < -0.4 is 4.90 Å². The summed E-state index contributed by atoms with van der Waals surface area (Å²) in [4.78, 5) is 27.3. The summed E-state index contributed by atoms with van der Waals surface area (Å²) in [5, 5.41) is 11.5. The van der Waals surface area contributed by atoms with Gasteiger partial charge in [0.1, 0.15) is 11.6 Å². The number of carbonyl (C=O) groups excluding carboxylic acids is 2. The Labute approximate surface area is 191 Å². The van der Waals surface area contributed by atoms with Crippen LogP contribution in [0.5, 0.6) is 0 Å². The second kappa shape index (κ2) is 8.29. The van der Waals surface area contributed by atoms with Crippen LogP contribution in [0.15, 0.2) is 76.8 Å². The highest BCUT2D eigenvalue weighted by Gasteiger charge is 2.47. The molecular weight excluding hydrogens is 485 g/mol. The molecule has 1 aliphatic heterocycles. The second-order valence-electron chi connectivity index (χ2n) is 7.13. The Morgan fingerprint density at radius 1 is 1.06 bits per heavy atom. The van der Waals surface area contributed by atoms with Crippen molar-refractivity contribution in [1.29, 1.82) is 0 Å². The second-order valence-corrected chi connectivity index (χ2v) is 8.42. The number of anilines is 1. The summed E-state index contributed by atoms with van der Waals surface area (Å²) in [5.74, 6) is -2.70. The van der Waals surface area contributed by atoms with Crippen molar-refractivity contribution in [3.8, 4) is 0 Å². The molecule has 7 heteroatoms. The van der Waals surface area contributed by atoms with Crippen molar-refractivity contribution in [2.75, 3.05) is 4.90 Å². The molecule has 1 fully saturated rings. The number of aliphatic hydroxyl groups excluding tert-OH is 1. The average Bonchev–Trinajstić information content (AvgIpc) is 3.01. The molecule has 1 heterocycles. The lowest BCUT2D eigenvalue weighted by atomic mass is 9.94. The number of Topliss-reactive ketones (excluding diaryl/α,β-unsaturated/α-hetero) is 1. The maximum absolute atomic E-state index is 14.8. The molecule has 1 N–H and O–H groups in total. The van der Waals surface area contributed by atoms with Gasteiger partial charge in [0.25, 0.3) is 11.7 Å². The van der Waals surface area contributed by atoms with E-state index in [1.807, 2.05) is 6.92 Å². The summed E-state index contributed by atoms with van der Waals surface area (Å²) >= 11 is 9.37. The fourth-order valence-electron chi connectivity index (χ4n) is 3.64. The van der Waals surface area contributed by atoms with Gasteiger partial charge in [0.2, 0.25) is 0 Å². The third-order valence-electron chi connectivity index (χ3n) is 5.18. The SMILES string of the molecule is Cc1cc(/C(O)=C2\C(=O)C(=O)N(c3ccc(Cl)cc3)C2c2ccccc2F)ccc1Br. The van der Waals surface area contributed by atoms with Crippen LogP contribution in [0.3, 0.4) is 0 Å². The predicted octanol–water partition coefficient (Wildman–Crippen LogP) is 6.18. The summed E-state index contributed by atoms with van der Waals surface area (Å²) < 4.78 is 15.7. The highest BCUT2D eigenvalue weighted by Crippen LogP contribution is 2.43. The van der Waals surface area contributed by atoms with Crippen molar-refractivity contribution in [1.82, 2.24) is 0 Å². The monoisotopic (exact) mass is 499 g/mol. The molecule has 1 amide bonds. The lowest BCUT2D eigenvalue weighted by molar-refractivity contribution is -0.132. The van der Waals surface area contributed by atoms with Crippen LogP contribution in [-0.2, 0) is 9.59 Å². The summed E-state index contributed by atoms with van der Waals surface area (Å²) in [6.45, 7) is 1.83. The summed E-state index contributed by atoms with van der Waals surface area (Å²) in [7, 11) is 0. The third kappa shape index (κ3) is 3.77. The number of halogens is 3. The number of aliphatic hydroxyl groups is 1. The number of benzene rings is 3. The van der Waals surface area contributed by atoms with Gasteiger partial charge in [0, 0.05) is 26.3 Å². The van der Waals surface area contributed by atoms with Gasteiger partial charge in [0.05, 0.1) is 11.6 Å². The molecule has 1 aliphatic rings. The quantitative estimate of drug-likeness (QED) is 0.266. The Balaban J connectivity index is 1.97. The van der Waals surface area contributed by atoms with Crippen LogP contribution in [0.2, 0.25) is 5.02 Å². The number of hydrogen-bond acceptors (Lipinski definition) is 3. The lowest BCUT2D eigenvalue weighted by Crippen LogP contribution is -2.29. The minimum atomic E-state index is -1.13. The number of rotatable bonds is 3. The van der Waals surface area contributed by atoms with E-state index in [0.29, 0.717) is 16.3 Å². The minimum Gasteiger partial charge on any atom is -0.507 e. The summed E-state index contributed by atoms with van der Waals surface area (Å²) in [5.41, 5.74) is 1.49. The fourth-order valence-corrected chi connectivity index (χ4v) is 4.01. The van der Waals surface area contributed by atoms with Crippen LogP contribution in [-0.4, -0.2) is 16.8 Å². The van der Waals surface area contributed by atoms with Crippen LogP contribution in [0, 0.1) is 12.7 Å². The smallest absolute Gasteiger partial charge is 0.300 e. The number of ketones is 1. The molecule has 1 unspecified atom stereocenters. The molecule has 31 heavy (non-hydrogen) atoms. The topological polar surface area (TPSA) is 57.6 Å². The normalized spacial score (nSPS) is 17.9. The van der Waals surface area contributed by atoms with Crippen molar-refractivity contribution < 1.29 is 19.1 Å². The first-order chi connectivity index (χ1) is 14.8. The molecule has 0 radical (unpaired) electrons. The van der Waals surface area contributed by atoms with Crippen LogP contribution in [0.4, 0.5) is 10.1 Å². The van der Waals surface area contributed by atoms with Crippen molar-refractivity contribution in [3.63, 3.8) is 0 Å². The van der Waals surface area contributed by atoms with Gasteiger partial charge < -0.3 is 5.11 Å². The van der Waals surface area contributed by atoms with Gasteiger partial charge >= 0.3 is 0 Å². The highest BCUT2D eigenvalue weighted by molar-refractivity contribution is 9.10. The number of carbonyl (C=O) groups is 2. The fraction of sp³-hybridized carbons (Fsp3) is 0.0833. The van der Waals surface area contributed by atoms with Gasteiger partial charge in [-0.05, 0) is 55.0 Å². The number of aryl methyl sites for hydroxylation is 1. The van der Waals surface area contributed by atoms with E-state index in [4.69, 9.17) is 11.6 Å². The van der Waals surface area contributed by atoms with Crippen molar-refractivity contribution in [2.24, 2.45) is 0 Å². The van der Waals surface area contributed by atoms with Gasteiger partial charge in [-0.2, -0.15) is 0 Å². The Kier molecular flexibility index (Phi) is 5.69. The number of nitrogens with zero attached hydrogens (tertiary/aromatic N) is 1. The Morgan fingerprint density at radius 2 is 1.74 bits per heavy atom. The molecule has 3 aromatic carbocycles. The summed E-state index contributed by atoms with van der Waals surface area (Å²) in [6.07, 6.45) is 0. The van der Waals surface area contributed by atoms with E-state index in [-0.39, 0.29) is 16.9 Å².